The Morgan fingerprint density at radius 3 is 2.61 bits per heavy atom. The van der Waals surface area contributed by atoms with Crippen LogP contribution in [0.15, 0.2) is 83.6 Å². The first kappa shape index (κ1) is 39.3. The maximum absolute atomic E-state index is 13.8. The van der Waals surface area contributed by atoms with Crippen LogP contribution in [0.5, 0.6) is 5.75 Å². The summed E-state index contributed by atoms with van der Waals surface area (Å²) in [4.78, 5) is 26.0. The van der Waals surface area contributed by atoms with Gasteiger partial charge in [0.2, 0.25) is 5.95 Å². The number of hydrogen-bond acceptors (Lipinski definition) is 9. The van der Waals surface area contributed by atoms with Crippen molar-refractivity contribution in [3.05, 3.63) is 95.3 Å². The molecule has 3 aliphatic rings. The third-order valence-corrected chi connectivity index (χ3v) is 11.5. The van der Waals surface area contributed by atoms with E-state index in [2.05, 4.69) is 73.8 Å². The predicted molar refractivity (Wildman–Crippen MR) is 225 cm³/mol. The molecule has 4 heterocycles. The van der Waals surface area contributed by atoms with Crippen LogP contribution in [0.2, 0.25) is 0 Å². The number of likely N-dealkylation sites (N-methyl/N-ethyl adjacent to an activating group) is 1. The molecule has 2 fully saturated rings. The molecule has 2 aromatic heterocycles. The minimum Gasteiger partial charge on any atom is -0.484 e. The van der Waals surface area contributed by atoms with Crippen molar-refractivity contribution >= 4 is 29.1 Å². The number of pyridine rings is 1. The van der Waals surface area contributed by atoms with E-state index >= 15 is 0 Å². The van der Waals surface area contributed by atoms with Crippen molar-refractivity contribution in [3.8, 4) is 5.75 Å². The van der Waals surface area contributed by atoms with E-state index in [4.69, 9.17) is 15.5 Å². The van der Waals surface area contributed by atoms with Crippen LogP contribution < -0.4 is 26.0 Å². The van der Waals surface area contributed by atoms with Gasteiger partial charge in [0.15, 0.2) is 5.65 Å². The van der Waals surface area contributed by atoms with Crippen LogP contribution in [0.25, 0.3) is 5.65 Å². The molecule has 7 rings (SSSR count). The Hall–Kier alpha value is -4.94. The number of carbonyl (C=O) groups excluding carboxylic acids is 1. The Kier molecular flexibility index (Phi) is 12.3. The summed E-state index contributed by atoms with van der Waals surface area (Å²) >= 11 is 0. The van der Waals surface area contributed by atoms with Crippen LogP contribution in [0.3, 0.4) is 0 Å². The van der Waals surface area contributed by atoms with Gasteiger partial charge in [0, 0.05) is 49.4 Å². The molecule has 298 valence electrons. The summed E-state index contributed by atoms with van der Waals surface area (Å²) in [5.41, 5.74) is 11.8. The molecule has 0 bridgehead atoms. The Morgan fingerprint density at radius 1 is 0.946 bits per heavy atom. The Labute approximate surface area is 332 Å². The molecule has 2 aromatic carbocycles. The molecule has 1 aliphatic carbocycles. The van der Waals surface area contributed by atoms with E-state index in [-0.39, 0.29) is 23.6 Å². The maximum atomic E-state index is 13.8. The highest BCUT2D eigenvalue weighted by molar-refractivity contribution is 6.05. The van der Waals surface area contributed by atoms with Gasteiger partial charge in [-0.2, -0.15) is 0 Å². The number of nitrogens with two attached hydrogens (primary N) is 1. The number of carbonyl (C=O) groups is 1. The monoisotopic (exact) mass is 760 g/mol. The second kappa shape index (κ2) is 17.5. The lowest BCUT2D eigenvalue weighted by molar-refractivity contribution is 0.171. The van der Waals surface area contributed by atoms with Crippen molar-refractivity contribution in [2.24, 2.45) is 16.1 Å². The number of nitrogens with one attached hydrogen (secondary N) is 2. The van der Waals surface area contributed by atoms with Gasteiger partial charge in [-0.3, -0.25) is 9.72 Å². The first-order chi connectivity index (χ1) is 27.0. The third-order valence-electron chi connectivity index (χ3n) is 11.5. The minimum absolute atomic E-state index is 0.168. The molecule has 4 aromatic rings. The molecular formula is C44H60N10O2. The molecule has 12 heteroatoms. The number of piperidine rings is 1. The van der Waals surface area contributed by atoms with Crippen molar-refractivity contribution in [2.45, 2.75) is 90.8 Å². The predicted octanol–water partition coefficient (Wildman–Crippen LogP) is 7.16. The molecule has 0 unspecified atom stereocenters. The summed E-state index contributed by atoms with van der Waals surface area (Å²) < 4.78 is 8.74. The van der Waals surface area contributed by atoms with E-state index in [1.807, 2.05) is 67.8 Å². The normalized spacial score (nSPS) is 21.7. The number of aromatic nitrogens is 3. The number of benzene rings is 2. The van der Waals surface area contributed by atoms with Crippen molar-refractivity contribution < 1.29 is 9.53 Å². The zero-order valence-corrected chi connectivity index (χ0v) is 33.9. The first-order valence-corrected chi connectivity index (χ1v) is 20.5. The van der Waals surface area contributed by atoms with Crippen LogP contribution in [0.1, 0.15) is 95.1 Å². The Balaban J connectivity index is 1.04. The number of aliphatic imine (C=N–C) groups is 1. The van der Waals surface area contributed by atoms with Gasteiger partial charge < -0.3 is 30.5 Å². The zero-order chi connectivity index (χ0) is 39.2. The second-order valence-corrected chi connectivity index (χ2v) is 16.9. The smallest absolute Gasteiger partial charge is 0.320 e. The molecule has 0 radical (unpaired) electrons. The molecule has 0 saturated carbocycles. The number of nitrogens with zero attached hydrogens (tertiary/aromatic N) is 7. The van der Waals surface area contributed by atoms with E-state index < -0.39 is 0 Å². The van der Waals surface area contributed by atoms with Crippen molar-refractivity contribution in [1.82, 2.24) is 35.0 Å². The number of ether oxygens (including phenoxy) is 1. The Morgan fingerprint density at radius 2 is 1.79 bits per heavy atom. The zero-order valence-electron chi connectivity index (χ0n) is 33.9. The quantitative estimate of drug-likeness (QED) is 0.121. The summed E-state index contributed by atoms with van der Waals surface area (Å²) in [6.07, 6.45) is 10.7. The summed E-state index contributed by atoms with van der Waals surface area (Å²) in [7, 11) is 2.20. The van der Waals surface area contributed by atoms with Crippen molar-refractivity contribution in [1.29, 1.82) is 0 Å². The van der Waals surface area contributed by atoms with Crippen LogP contribution in [-0.2, 0) is 6.42 Å². The van der Waals surface area contributed by atoms with Crippen molar-refractivity contribution in [3.63, 3.8) is 0 Å². The molecule has 56 heavy (non-hydrogen) atoms. The molecule has 12 nitrogen and oxygen atoms in total. The largest absolute Gasteiger partial charge is 0.484 e. The summed E-state index contributed by atoms with van der Waals surface area (Å²) in [5.74, 6) is 2.02. The SMILES string of the molecule is C[C@H]1CCCCN1c1nnc2ccc(O[C@@H]3CC[C@H](NC(=O)NC(/C=C(\N)C(C)(C)C)=Nc4cccc(CCN5CCCN(C)CC5)c4)c4ccccc43)cn12. The lowest BCUT2D eigenvalue weighted by Crippen LogP contribution is -2.42. The average Bonchev–Trinajstić information content (AvgIpc) is 3.47. The molecule has 2 aliphatic heterocycles. The number of hydrogen-bond donors (Lipinski definition) is 3. The summed E-state index contributed by atoms with van der Waals surface area (Å²) in [6, 6.07) is 20.3. The van der Waals surface area contributed by atoms with Gasteiger partial charge >= 0.3 is 6.03 Å². The van der Waals surface area contributed by atoms with Gasteiger partial charge in [0.1, 0.15) is 17.7 Å². The van der Waals surface area contributed by atoms with Crippen LogP contribution in [0.4, 0.5) is 16.4 Å². The molecule has 0 spiro atoms. The van der Waals surface area contributed by atoms with E-state index in [1.165, 1.54) is 18.4 Å². The van der Waals surface area contributed by atoms with Crippen LogP contribution in [-0.4, -0.2) is 88.6 Å². The van der Waals surface area contributed by atoms with Gasteiger partial charge in [-0.1, -0.05) is 57.2 Å². The molecule has 3 atom stereocenters. The number of amidine groups is 1. The van der Waals surface area contributed by atoms with E-state index in [9.17, 15) is 4.79 Å². The van der Waals surface area contributed by atoms with Gasteiger partial charge in [0.05, 0.1) is 17.9 Å². The summed E-state index contributed by atoms with van der Waals surface area (Å²) in [6.45, 7) is 14.9. The minimum atomic E-state index is -0.333. The Bertz CT molecular complexity index is 2030. The highest BCUT2D eigenvalue weighted by Gasteiger charge is 2.30. The maximum Gasteiger partial charge on any atom is 0.320 e. The topological polar surface area (TPSA) is 129 Å². The number of fused-ring (bicyclic) bond motifs is 2. The van der Waals surface area contributed by atoms with Crippen molar-refractivity contribution in [2.75, 3.05) is 51.2 Å². The third kappa shape index (κ3) is 9.70. The van der Waals surface area contributed by atoms with Gasteiger partial charge in [0.25, 0.3) is 0 Å². The number of rotatable bonds is 9. The number of amides is 2. The van der Waals surface area contributed by atoms with Gasteiger partial charge in [-0.05, 0) is 113 Å². The first-order valence-electron chi connectivity index (χ1n) is 20.5. The fourth-order valence-corrected chi connectivity index (χ4v) is 8.01. The van der Waals surface area contributed by atoms with Gasteiger partial charge in [-0.15, -0.1) is 10.2 Å². The lowest BCUT2D eigenvalue weighted by atomic mass is 9.85. The molecule has 4 N–H and O–H groups in total. The van der Waals surface area contributed by atoms with Gasteiger partial charge in [-0.25, -0.2) is 9.79 Å². The average molecular weight is 761 g/mol. The fraction of sp³-hybridized carbons (Fsp3) is 0.500. The molecular weight excluding hydrogens is 701 g/mol. The van der Waals surface area contributed by atoms with E-state index in [1.54, 1.807) is 6.08 Å². The second-order valence-electron chi connectivity index (χ2n) is 16.9. The van der Waals surface area contributed by atoms with Crippen LogP contribution in [0, 0.1) is 5.41 Å². The standard InChI is InChI=1S/C44H60N10O2/c1-31-12-8-9-24-53(31)43-50-49-41-20-17-34(30-54(41)43)56-38-19-18-37(35-15-6-7-16-36(35)38)47-42(55)48-40(29-39(45)44(2,3)4)46-33-14-10-13-32(28-33)21-25-52-23-11-22-51(5)26-27-52/h6-7,10,13-17,20,28-31,37-38H,8-9,11-12,18-19,21-27,45H2,1-5H3,(H2,46,47,48,55)/b39-29-/t31-,37-,38+/m0/s1. The van der Waals surface area contributed by atoms with E-state index in [0.29, 0.717) is 24.0 Å². The van der Waals surface area contributed by atoms with Crippen LogP contribution >= 0.6 is 0 Å². The summed E-state index contributed by atoms with van der Waals surface area (Å²) in [5, 5.41) is 15.3. The number of allylic oxidation sites excluding steroid dienone is 1. The molecule has 2 amide bonds. The molecule has 2 saturated heterocycles. The number of urea groups is 1. The fourth-order valence-electron chi connectivity index (χ4n) is 8.01. The lowest BCUT2D eigenvalue weighted by Gasteiger charge is -2.33. The highest BCUT2D eigenvalue weighted by atomic mass is 16.5. The van der Waals surface area contributed by atoms with E-state index in [0.717, 1.165) is 99.1 Å². The number of anilines is 1. The highest BCUT2D eigenvalue weighted by Crippen LogP contribution is 2.39.